The molecule has 0 unspecified atom stereocenters. The van der Waals surface area contributed by atoms with Crippen LogP contribution in [0.3, 0.4) is 0 Å². The van der Waals surface area contributed by atoms with Crippen LogP contribution in [0.4, 0.5) is 0 Å². The number of fused-ring (bicyclic) bond motifs is 7. The molecular formula is C44H29N5. The molecule has 0 bridgehead atoms. The predicted octanol–water partition coefficient (Wildman–Crippen LogP) is 10.8. The minimum atomic E-state index is 0.853. The molecule has 5 heteroatoms. The zero-order chi connectivity index (χ0) is 32.3. The highest BCUT2D eigenvalue weighted by Crippen LogP contribution is 2.42. The lowest BCUT2D eigenvalue weighted by Gasteiger charge is -2.12. The topological polar surface area (TPSA) is 40.6 Å². The standard InChI is InChI=1S/C44H29N5/c1-4-14-30(15-5-1)43-44(49(46-45-43)34-18-8-3-9-19-34)31-24-26-33(27-25-31)48-38-23-13-11-21-36(38)42-40(48)29-28-39-41(42)35-20-10-12-22-37(35)47(39)32-16-6-2-7-17-32/h1-29H. The lowest BCUT2D eigenvalue weighted by molar-refractivity contribution is 0.808. The van der Waals surface area contributed by atoms with Crippen LogP contribution in [0.1, 0.15) is 0 Å². The summed E-state index contributed by atoms with van der Waals surface area (Å²) in [5.74, 6) is 0. The summed E-state index contributed by atoms with van der Waals surface area (Å²) in [6.45, 7) is 0. The van der Waals surface area contributed by atoms with Gasteiger partial charge in [0.1, 0.15) is 11.4 Å². The average molecular weight is 628 g/mol. The third-order valence-electron chi connectivity index (χ3n) is 9.60. The Balaban J connectivity index is 1.20. The molecule has 5 nitrogen and oxygen atoms in total. The molecule has 10 rings (SSSR count). The Morgan fingerprint density at radius 3 is 1.39 bits per heavy atom. The number of nitrogens with zero attached hydrogens (tertiary/aromatic N) is 5. The summed E-state index contributed by atoms with van der Waals surface area (Å²) >= 11 is 0. The summed E-state index contributed by atoms with van der Waals surface area (Å²) in [6, 6.07) is 62.1. The second kappa shape index (κ2) is 10.9. The molecule has 0 amide bonds. The molecule has 10 aromatic rings. The van der Waals surface area contributed by atoms with E-state index in [1.807, 2.05) is 41.1 Å². The zero-order valence-corrected chi connectivity index (χ0v) is 26.5. The van der Waals surface area contributed by atoms with Crippen LogP contribution in [0.5, 0.6) is 0 Å². The number of hydrogen-bond donors (Lipinski definition) is 0. The number of rotatable bonds is 5. The van der Waals surface area contributed by atoms with Crippen LogP contribution in [-0.4, -0.2) is 24.1 Å². The van der Waals surface area contributed by atoms with Crippen molar-refractivity contribution < 1.29 is 0 Å². The van der Waals surface area contributed by atoms with Crippen molar-refractivity contribution in [1.82, 2.24) is 24.1 Å². The molecule has 0 aliphatic rings. The van der Waals surface area contributed by atoms with Crippen molar-refractivity contribution >= 4 is 43.6 Å². The summed E-state index contributed by atoms with van der Waals surface area (Å²) in [6.07, 6.45) is 0. The fourth-order valence-corrected chi connectivity index (χ4v) is 7.50. The fraction of sp³-hybridized carbons (Fsp3) is 0. The van der Waals surface area contributed by atoms with E-state index in [1.165, 1.54) is 43.6 Å². The van der Waals surface area contributed by atoms with E-state index in [-0.39, 0.29) is 0 Å². The molecule has 0 aliphatic carbocycles. The predicted molar refractivity (Wildman–Crippen MR) is 201 cm³/mol. The molecule has 0 aliphatic heterocycles. The van der Waals surface area contributed by atoms with E-state index < -0.39 is 0 Å². The van der Waals surface area contributed by atoms with Gasteiger partial charge in [0, 0.05) is 44.0 Å². The minimum absolute atomic E-state index is 0.853. The van der Waals surface area contributed by atoms with Gasteiger partial charge in [-0.1, -0.05) is 120 Å². The molecule has 0 atom stereocenters. The average Bonchev–Trinajstić information content (AvgIpc) is 3.87. The third kappa shape index (κ3) is 4.19. The number of para-hydroxylation sites is 4. The van der Waals surface area contributed by atoms with Crippen LogP contribution in [0, 0.1) is 0 Å². The van der Waals surface area contributed by atoms with Crippen LogP contribution >= 0.6 is 0 Å². The van der Waals surface area contributed by atoms with Crippen molar-refractivity contribution in [2.24, 2.45) is 0 Å². The number of benzene rings is 7. The van der Waals surface area contributed by atoms with Gasteiger partial charge >= 0.3 is 0 Å². The van der Waals surface area contributed by atoms with Gasteiger partial charge in [-0.3, -0.25) is 0 Å². The first-order valence-electron chi connectivity index (χ1n) is 16.5. The van der Waals surface area contributed by atoms with Crippen molar-refractivity contribution in [1.29, 1.82) is 0 Å². The van der Waals surface area contributed by atoms with E-state index in [0.29, 0.717) is 0 Å². The van der Waals surface area contributed by atoms with E-state index in [4.69, 9.17) is 0 Å². The molecule has 49 heavy (non-hydrogen) atoms. The van der Waals surface area contributed by atoms with Crippen molar-refractivity contribution in [2.45, 2.75) is 0 Å². The van der Waals surface area contributed by atoms with Gasteiger partial charge in [0.15, 0.2) is 0 Å². The van der Waals surface area contributed by atoms with E-state index in [0.717, 1.165) is 39.6 Å². The molecule has 0 saturated heterocycles. The normalized spacial score (nSPS) is 11.7. The maximum atomic E-state index is 4.68. The summed E-state index contributed by atoms with van der Waals surface area (Å²) < 4.78 is 6.73. The lowest BCUT2D eigenvalue weighted by Crippen LogP contribution is -2.00. The Morgan fingerprint density at radius 1 is 0.347 bits per heavy atom. The SMILES string of the molecule is c1ccc(-c2nnn(-c3ccccc3)c2-c2ccc(-n3c4ccccc4c4c5c6ccccc6n(-c6ccccc6)c5ccc43)cc2)cc1. The summed E-state index contributed by atoms with van der Waals surface area (Å²) in [7, 11) is 0. The molecule has 0 saturated carbocycles. The van der Waals surface area contributed by atoms with Gasteiger partial charge in [0.25, 0.3) is 0 Å². The lowest BCUT2D eigenvalue weighted by atomic mass is 10.0. The Hall–Kier alpha value is -6.72. The van der Waals surface area contributed by atoms with Crippen LogP contribution in [-0.2, 0) is 0 Å². The van der Waals surface area contributed by atoms with Gasteiger partial charge in [0.05, 0.1) is 27.8 Å². The smallest absolute Gasteiger partial charge is 0.121 e. The van der Waals surface area contributed by atoms with Crippen molar-refractivity contribution in [2.75, 3.05) is 0 Å². The van der Waals surface area contributed by atoms with E-state index in [2.05, 4.69) is 159 Å². The van der Waals surface area contributed by atoms with Crippen molar-refractivity contribution in [3.63, 3.8) is 0 Å². The van der Waals surface area contributed by atoms with Crippen LogP contribution < -0.4 is 0 Å². The molecule has 0 radical (unpaired) electrons. The zero-order valence-electron chi connectivity index (χ0n) is 26.5. The number of hydrogen-bond acceptors (Lipinski definition) is 2. The second-order valence-electron chi connectivity index (χ2n) is 12.3. The third-order valence-corrected chi connectivity index (χ3v) is 9.60. The molecule has 3 heterocycles. The quantitative estimate of drug-likeness (QED) is 0.190. The van der Waals surface area contributed by atoms with Gasteiger partial charge < -0.3 is 9.13 Å². The molecule has 0 fully saturated rings. The molecule has 230 valence electrons. The van der Waals surface area contributed by atoms with Gasteiger partial charge in [-0.05, 0) is 60.7 Å². The summed E-state index contributed by atoms with van der Waals surface area (Å²) in [5, 5.41) is 14.3. The Kier molecular flexibility index (Phi) is 6.11. The molecule has 0 spiro atoms. The minimum Gasteiger partial charge on any atom is -0.309 e. The monoisotopic (exact) mass is 627 g/mol. The highest BCUT2D eigenvalue weighted by molar-refractivity contribution is 6.28. The van der Waals surface area contributed by atoms with E-state index in [9.17, 15) is 0 Å². The molecule has 3 aromatic heterocycles. The summed E-state index contributed by atoms with van der Waals surface area (Å²) in [5.41, 5.74) is 11.9. The Bertz CT molecular complexity index is 2730. The van der Waals surface area contributed by atoms with E-state index in [1.54, 1.807) is 0 Å². The second-order valence-corrected chi connectivity index (χ2v) is 12.3. The van der Waals surface area contributed by atoms with Crippen molar-refractivity contribution in [3.8, 4) is 39.6 Å². The first-order chi connectivity index (χ1) is 24.3. The molecule has 0 N–H and O–H groups in total. The highest BCUT2D eigenvalue weighted by atomic mass is 15.4. The van der Waals surface area contributed by atoms with Gasteiger partial charge in [-0.25, -0.2) is 4.68 Å². The summed E-state index contributed by atoms with van der Waals surface area (Å²) in [4.78, 5) is 0. The largest absolute Gasteiger partial charge is 0.309 e. The number of aromatic nitrogens is 5. The first-order valence-corrected chi connectivity index (χ1v) is 16.5. The van der Waals surface area contributed by atoms with Crippen LogP contribution in [0.2, 0.25) is 0 Å². The maximum Gasteiger partial charge on any atom is 0.121 e. The van der Waals surface area contributed by atoms with Crippen LogP contribution in [0.25, 0.3) is 83.2 Å². The van der Waals surface area contributed by atoms with Crippen LogP contribution in [0.15, 0.2) is 176 Å². The van der Waals surface area contributed by atoms with Gasteiger partial charge in [0.2, 0.25) is 0 Å². The fourth-order valence-electron chi connectivity index (χ4n) is 7.50. The first kappa shape index (κ1) is 27.4. The van der Waals surface area contributed by atoms with Gasteiger partial charge in [-0.2, -0.15) is 0 Å². The van der Waals surface area contributed by atoms with Gasteiger partial charge in [-0.15, -0.1) is 5.10 Å². The molecular weight excluding hydrogens is 599 g/mol. The molecule has 7 aromatic carbocycles. The van der Waals surface area contributed by atoms with Crippen molar-refractivity contribution in [3.05, 3.63) is 176 Å². The highest BCUT2D eigenvalue weighted by Gasteiger charge is 2.21. The van der Waals surface area contributed by atoms with E-state index >= 15 is 0 Å². The Labute approximate surface area is 282 Å². The maximum absolute atomic E-state index is 4.68. The Morgan fingerprint density at radius 2 is 0.816 bits per heavy atom.